The Morgan fingerprint density at radius 2 is 1.81 bits per heavy atom. The van der Waals surface area contributed by atoms with Gasteiger partial charge in [0, 0.05) is 54.7 Å². The Balaban J connectivity index is 1.42. The predicted octanol–water partition coefficient (Wildman–Crippen LogP) is 4.02. The van der Waals surface area contributed by atoms with Gasteiger partial charge in [0.15, 0.2) is 5.65 Å². The van der Waals surface area contributed by atoms with Crippen LogP contribution in [0.25, 0.3) is 5.65 Å². The number of aryl methyl sites for hydroxylation is 2. The summed E-state index contributed by atoms with van der Waals surface area (Å²) in [6, 6.07) is 3.26. The van der Waals surface area contributed by atoms with Gasteiger partial charge in [-0.15, -0.1) is 0 Å². The van der Waals surface area contributed by atoms with Crippen LogP contribution in [0.4, 0.5) is 13.2 Å². The molecule has 190 valence electrons. The largest absolute Gasteiger partial charge is 0.394 e. The van der Waals surface area contributed by atoms with Crippen molar-refractivity contribution in [1.82, 2.24) is 18.9 Å². The highest BCUT2D eigenvalue weighted by Crippen LogP contribution is 2.78. The first-order chi connectivity index (χ1) is 16.9. The van der Waals surface area contributed by atoms with E-state index in [0.29, 0.717) is 47.7 Å². The molecule has 0 N–H and O–H groups in total. The van der Waals surface area contributed by atoms with Gasteiger partial charge in [-0.25, -0.2) is 4.98 Å². The summed E-state index contributed by atoms with van der Waals surface area (Å²) in [6.45, 7) is 3.92. The van der Waals surface area contributed by atoms with Gasteiger partial charge in [0.25, 0.3) is 5.56 Å². The molecule has 0 radical (unpaired) electrons. The van der Waals surface area contributed by atoms with E-state index in [9.17, 15) is 22.8 Å². The zero-order chi connectivity index (χ0) is 25.6. The molecule has 0 amide bonds. The third-order valence-electron chi connectivity index (χ3n) is 8.61. The fraction of sp³-hybridized carbons (Fsp3) is 0.538. The summed E-state index contributed by atoms with van der Waals surface area (Å²) in [4.78, 5) is 34.6. The second-order valence-electron chi connectivity index (χ2n) is 10.9. The number of hydrogen-bond acceptors (Lipinski definition) is 5. The molecule has 3 aromatic heterocycles. The summed E-state index contributed by atoms with van der Waals surface area (Å²) < 4.78 is 49.8. The first kappa shape index (κ1) is 23.4. The molecular formula is C26H27F3N4O3. The maximum Gasteiger partial charge on any atom is 0.394 e. The van der Waals surface area contributed by atoms with Crippen molar-refractivity contribution in [3.05, 3.63) is 73.4 Å². The average Bonchev–Trinajstić information content (AvgIpc) is 2.77. The Labute approximate surface area is 205 Å². The fourth-order valence-electron chi connectivity index (χ4n) is 6.35. The standard InChI is InChI=1S/C26H27F3N4O3/c1-14-15(2)30-22-21(24-11-25(12-24,13-24)26(27,28)29)31-18(10-33(22)23(14)35)16-6-7-36-19(8-16)17-4-5-20(34)32(3)9-17/h4-5,9-10,16,19H,6-8,11-13H2,1-3H3/t16-,19+,24?,25?/m1/s1. The van der Waals surface area contributed by atoms with Crippen molar-refractivity contribution in [2.45, 2.75) is 69.6 Å². The molecule has 2 bridgehead atoms. The highest BCUT2D eigenvalue weighted by Gasteiger charge is 2.79. The molecule has 0 unspecified atom stereocenters. The summed E-state index contributed by atoms with van der Waals surface area (Å²) in [7, 11) is 1.69. The Kier molecular flexibility index (Phi) is 4.88. The van der Waals surface area contributed by atoms with Crippen molar-refractivity contribution in [2.24, 2.45) is 12.5 Å². The van der Waals surface area contributed by atoms with E-state index in [0.717, 1.165) is 5.56 Å². The van der Waals surface area contributed by atoms with E-state index in [-0.39, 0.29) is 42.4 Å². The van der Waals surface area contributed by atoms with Crippen LogP contribution in [-0.2, 0) is 17.2 Å². The first-order valence-electron chi connectivity index (χ1n) is 12.2. The minimum absolute atomic E-state index is 0.00709. The van der Waals surface area contributed by atoms with Crippen LogP contribution in [-0.4, -0.2) is 31.7 Å². The lowest BCUT2D eigenvalue weighted by Crippen LogP contribution is -2.70. The number of ether oxygens (including phenoxy) is 1. The molecule has 3 saturated carbocycles. The fourth-order valence-corrected chi connectivity index (χ4v) is 6.35. The molecule has 1 aliphatic heterocycles. The van der Waals surface area contributed by atoms with Crippen molar-refractivity contribution in [2.75, 3.05) is 6.61 Å². The minimum Gasteiger partial charge on any atom is -0.373 e. The van der Waals surface area contributed by atoms with Gasteiger partial charge in [-0.1, -0.05) is 0 Å². The van der Waals surface area contributed by atoms with Crippen LogP contribution >= 0.6 is 0 Å². The second kappa shape index (κ2) is 7.50. The lowest BCUT2D eigenvalue weighted by molar-refractivity contribution is -0.337. The molecule has 4 aliphatic rings. The van der Waals surface area contributed by atoms with Gasteiger partial charge < -0.3 is 9.30 Å². The smallest absolute Gasteiger partial charge is 0.373 e. The minimum atomic E-state index is -4.23. The second-order valence-corrected chi connectivity index (χ2v) is 10.9. The number of rotatable bonds is 3. The number of nitrogens with zero attached hydrogens (tertiary/aromatic N) is 4. The Bertz CT molecular complexity index is 1500. The highest BCUT2D eigenvalue weighted by molar-refractivity contribution is 5.54. The van der Waals surface area contributed by atoms with Crippen LogP contribution in [0.15, 0.2) is 34.1 Å². The van der Waals surface area contributed by atoms with E-state index in [1.54, 1.807) is 39.4 Å². The normalized spacial score (nSPS) is 29.6. The molecule has 1 saturated heterocycles. The van der Waals surface area contributed by atoms with Gasteiger partial charge in [0.1, 0.15) is 0 Å². The van der Waals surface area contributed by atoms with E-state index in [2.05, 4.69) is 4.98 Å². The van der Waals surface area contributed by atoms with Crippen LogP contribution in [0.3, 0.4) is 0 Å². The summed E-state index contributed by atoms with van der Waals surface area (Å²) in [5, 5.41) is 0. The Morgan fingerprint density at radius 1 is 1.08 bits per heavy atom. The number of alkyl halides is 3. The molecule has 3 aliphatic carbocycles. The van der Waals surface area contributed by atoms with Gasteiger partial charge in [0.05, 0.1) is 22.9 Å². The van der Waals surface area contributed by atoms with Gasteiger partial charge in [-0.05, 0) is 57.6 Å². The SMILES string of the molecule is Cc1nc2c(C34CC(C(F)(F)F)(C3)C4)nc([C@@H]3CCO[C@H](c4ccc(=O)n(C)c4)C3)cn2c(=O)c1C. The zero-order valence-electron chi connectivity index (χ0n) is 20.4. The number of halogens is 3. The molecule has 36 heavy (non-hydrogen) atoms. The quantitative estimate of drug-likeness (QED) is 0.543. The van der Waals surface area contributed by atoms with Crippen molar-refractivity contribution in [1.29, 1.82) is 0 Å². The first-order valence-corrected chi connectivity index (χ1v) is 12.2. The maximum absolute atomic E-state index is 13.6. The van der Waals surface area contributed by atoms with Crippen LogP contribution in [0.5, 0.6) is 0 Å². The number of hydrogen-bond donors (Lipinski definition) is 0. The van der Waals surface area contributed by atoms with E-state index in [4.69, 9.17) is 9.72 Å². The lowest BCUT2D eigenvalue weighted by atomic mass is 9.34. The third kappa shape index (κ3) is 3.22. The number of fused-ring (bicyclic) bond motifs is 1. The van der Waals surface area contributed by atoms with Crippen molar-refractivity contribution in [3.63, 3.8) is 0 Å². The van der Waals surface area contributed by atoms with Crippen LogP contribution in [0.2, 0.25) is 0 Å². The molecule has 3 aromatic rings. The molecule has 4 heterocycles. The van der Waals surface area contributed by atoms with Crippen LogP contribution in [0.1, 0.15) is 72.3 Å². The van der Waals surface area contributed by atoms with Gasteiger partial charge in [-0.2, -0.15) is 13.2 Å². The maximum atomic E-state index is 13.6. The molecular weight excluding hydrogens is 473 g/mol. The average molecular weight is 501 g/mol. The summed E-state index contributed by atoms with van der Waals surface area (Å²) in [5.74, 6) is -0.0541. The van der Waals surface area contributed by atoms with Crippen LogP contribution < -0.4 is 11.1 Å². The highest BCUT2D eigenvalue weighted by atomic mass is 19.4. The predicted molar refractivity (Wildman–Crippen MR) is 125 cm³/mol. The van der Waals surface area contributed by atoms with Crippen molar-refractivity contribution in [3.8, 4) is 0 Å². The monoisotopic (exact) mass is 500 g/mol. The number of pyridine rings is 1. The molecule has 0 aromatic carbocycles. The van der Waals surface area contributed by atoms with E-state index < -0.39 is 17.0 Å². The lowest BCUT2D eigenvalue weighted by Gasteiger charge is -2.70. The van der Waals surface area contributed by atoms with Crippen molar-refractivity contribution < 1.29 is 17.9 Å². The Morgan fingerprint density at radius 3 is 2.47 bits per heavy atom. The number of aromatic nitrogens is 4. The topological polar surface area (TPSA) is 78.5 Å². The van der Waals surface area contributed by atoms with E-state index in [1.807, 2.05) is 0 Å². The van der Waals surface area contributed by atoms with E-state index >= 15 is 0 Å². The van der Waals surface area contributed by atoms with Gasteiger partial charge in [-0.3, -0.25) is 19.0 Å². The zero-order valence-corrected chi connectivity index (χ0v) is 20.4. The Hall–Kier alpha value is -3.01. The molecule has 7 rings (SSSR count). The summed E-state index contributed by atoms with van der Waals surface area (Å²) in [5.41, 5.74) is 0.841. The molecule has 7 nitrogen and oxygen atoms in total. The summed E-state index contributed by atoms with van der Waals surface area (Å²) >= 11 is 0. The molecule has 10 heteroatoms. The third-order valence-corrected chi connectivity index (χ3v) is 8.61. The van der Waals surface area contributed by atoms with Gasteiger partial charge in [0.2, 0.25) is 5.56 Å². The molecule has 4 fully saturated rings. The van der Waals surface area contributed by atoms with Crippen molar-refractivity contribution >= 4 is 5.65 Å². The molecule has 2 atom stereocenters. The van der Waals surface area contributed by atoms with Crippen LogP contribution in [0, 0.1) is 19.3 Å². The van der Waals surface area contributed by atoms with Gasteiger partial charge >= 0.3 is 6.18 Å². The van der Waals surface area contributed by atoms with E-state index in [1.165, 1.54) is 15.0 Å². The summed E-state index contributed by atoms with van der Waals surface area (Å²) in [6.07, 6.45) is 0.215. The molecule has 0 spiro atoms.